The topological polar surface area (TPSA) is 87.3 Å². The number of benzene rings is 1. The molecular formula is C14H15N3O4. The van der Waals surface area contributed by atoms with Gasteiger partial charge in [0.2, 0.25) is 0 Å². The number of carbonyl (C=O) groups excluding carboxylic acids is 1. The van der Waals surface area contributed by atoms with E-state index in [1.54, 1.807) is 19.1 Å². The van der Waals surface area contributed by atoms with Crippen molar-refractivity contribution in [1.82, 2.24) is 9.78 Å². The minimum atomic E-state index is -0.567. The van der Waals surface area contributed by atoms with Gasteiger partial charge in [-0.05, 0) is 36.5 Å². The van der Waals surface area contributed by atoms with E-state index in [2.05, 4.69) is 5.10 Å². The molecule has 1 heterocycles. The van der Waals surface area contributed by atoms with Crippen molar-refractivity contribution in [3.8, 4) is 5.75 Å². The highest BCUT2D eigenvalue weighted by Crippen LogP contribution is 2.21. The van der Waals surface area contributed by atoms with Gasteiger partial charge in [-0.25, -0.2) is 0 Å². The van der Waals surface area contributed by atoms with Crippen molar-refractivity contribution in [2.45, 2.75) is 20.4 Å². The average Bonchev–Trinajstić information content (AvgIpc) is 2.79. The summed E-state index contributed by atoms with van der Waals surface area (Å²) in [6, 6.07) is 5.26. The van der Waals surface area contributed by atoms with Crippen LogP contribution in [-0.4, -0.2) is 27.6 Å². The van der Waals surface area contributed by atoms with Crippen LogP contribution in [0.2, 0.25) is 0 Å². The summed E-state index contributed by atoms with van der Waals surface area (Å²) in [4.78, 5) is 22.5. The van der Waals surface area contributed by atoms with Crippen LogP contribution in [0.1, 0.15) is 21.5 Å². The highest BCUT2D eigenvalue weighted by atomic mass is 16.6. The molecule has 2 rings (SSSR count). The van der Waals surface area contributed by atoms with Crippen LogP contribution >= 0.6 is 0 Å². The smallest absolute Gasteiger partial charge is 0.392 e. The Morgan fingerprint density at radius 1 is 1.43 bits per heavy atom. The third-order valence-corrected chi connectivity index (χ3v) is 3.05. The number of rotatable bonds is 5. The fourth-order valence-electron chi connectivity index (χ4n) is 2.03. The number of Topliss-reactive ketones (excluding diaryl/α,β-unsaturated/α-hetero) is 1. The van der Waals surface area contributed by atoms with Crippen LogP contribution in [0.15, 0.2) is 24.4 Å². The maximum absolute atomic E-state index is 12.3. The van der Waals surface area contributed by atoms with Crippen molar-refractivity contribution in [3.05, 3.63) is 51.2 Å². The third kappa shape index (κ3) is 3.07. The lowest BCUT2D eigenvalue weighted by Gasteiger charge is -2.07. The first kappa shape index (κ1) is 14.7. The number of nitrogens with zero attached hydrogens (tertiary/aromatic N) is 3. The summed E-state index contributed by atoms with van der Waals surface area (Å²) in [5.74, 6) is 0.0290. The number of ether oxygens (including phenoxy) is 1. The first-order valence-corrected chi connectivity index (χ1v) is 6.28. The second-order valence-electron chi connectivity index (χ2n) is 4.72. The lowest BCUT2D eigenvalue weighted by Crippen LogP contribution is -2.12. The van der Waals surface area contributed by atoms with Crippen molar-refractivity contribution >= 4 is 11.6 Å². The zero-order chi connectivity index (χ0) is 15.6. The summed E-state index contributed by atoms with van der Waals surface area (Å²) < 4.78 is 6.47. The predicted octanol–water partition coefficient (Wildman–Crippen LogP) is 2.30. The van der Waals surface area contributed by atoms with Crippen molar-refractivity contribution in [2.24, 2.45) is 0 Å². The molecule has 0 unspecified atom stereocenters. The fraction of sp³-hybridized carbons (Fsp3) is 0.286. The molecule has 0 aliphatic heterocycles. The molecule has 0 fully saturated rings. The molecule has 7 nitrogen and oxygen atoms in total. The van der Waals surface area contributed by atoms with Gasteiger partial charge in [-0.3, -0.25) is 4.79 Å². The summed E-state index contributed by atoms with van der Waals surface area (Å²) in [5.41, 5.74) is 1.83. The van der Waals surface area contributed by atoms with E-state index in [0.29, 0.717) is 16.9 Å². The normalized spacial score (nSPS) is 10.4. The Kier molecular flexibility index (Phi) is 4.02. The van der Waals surface area contributed by atoms with Gasteiger partial charge in [-0.15, -0.1) is 0 Å². The van der Waals surface area contributed by atoms with Gasteiger partial charge in [0.05, 0.1) is 29.5 Å². The van der Waals surface area contributed by atoms with Crippen LogP contribution < -0.4 is 4.74 Å². The SMILES string of the molecule is COc1cc(C)ccc1C(=O)Cn1cc(C)c([N+](=O)[O-])n1. The predicted molar refractivity (Wildman–Crippen MR) is 75.7 cm³/mol. The number of methoxy groups -OCH3 is 1. The van der Waals surface area contributed by atoms with E-state index in [4.69, 9.17) is 4.74 Å². The minimum Gasteiger partial charge on any atom is -0.496 e. The standard InChI is InChI=1S/C14H15N3O4/c1-9-4-5-11(13(6-9)21-3)12(18)8-16-7-10(2)14(15-16)17(19)20/h4-7H,8H2,1-3H3. The lowest BCUT2D eigenvalue weighted by molar-refractivity contribution is -0.390. The molecule has 0 saturated carbocycles. The molecule has 0 N–H and O–H groups in total. The van der Waals surface area contributed by atoms with E-state index in [9.17, 15) is 14.9 Å². The van der Waals surface area contributed by atoms with Crippen LogP contribution in [0.3, 0.4) is 0 Å². The van der Waals surface area contributed by atoms with Gasteiger partial charge in [0, 0.05) is 0 Å². The molecule has 0 saturated heterocycles. The first-order valence-electron chi connectivity index (χ1n) is 6.28. The van der Waals surface area contributed by atoms with Gasteiger partial charge in [0.25, 0.3) is 0 Å². The van der Waals surface area contributed by atoms with E-state index in [1.165, 1.54) is 18.0 Å². The Labute approximate surface area is 121 Å². The summed E-state index contributed by atoms with van der Waals surface area (Å²) in [5, 5.41) is 14.6. The minimum absolute atomic E-state index is 0.0753. The summed E-state index contributed by atoms with van der Waals surface area (Å²) in [6.07, 6.45) is 1.48. The van der Waals surface area contributed by atoms with E-state index >= 15 is 0 Å². The van der Waals surface area contributed by atoms with Crippen LogP contribution in [0.5, 0.6) is 5.75 Å². The molecule has 0 atom stereocenters. The second-order valence-corrected chi connectivity index (χ2v) is 4.72. The van der Waals surface area contributed by atoms with Crippen LogP contribution in [0.25, 0.3) is 0 Å². The first-order chi connectivity index (χ1) is 9.92. The molecule has 0 aliphatic rings. The van der Waals surface area contributed by atoms with E-state index in [0.717, 1.165) is 5.56 Å². The Hall–Kier alpha value is -2.70. The van der Waals surface area contributed by atoms with Crippen molar-refractivity contribution < 1.29 is 14.5 Å². The number of hydrogen-bond acceptors (Lipinski definition) is 5. The Balaban J connectivity index is 2.26. The van der Waals surface area contributed by atoms with Gasteiger partial charge < -0.3 is 14.9 Å². The molecule has 0 aliphatic carbocycles. The zero-order valence-electron chi connectivity index (χ0n) is 12.0. The molecular weight excluding hydrogens is 274 g/mol. The van der Waals surface area contributed by atoms with Gasteiger partial charge in [-0.1, -0.05) is 6.07 Å². The molecule has 0 radical (unpaired) electrons. The highest BCUT2D eigenvalue weighted by molar-refractivity contribution is 5.98. The number of hydrogen-bond donors (Lipinski definition) is 0. The highest BCUT2D eigenvalue weighted by Gasteiger charge is 2.20. The maximum atomic E-state index is 12.3. The molecule has 0 spiro atoms. The van der Waals surface area contributed by atoms with E-state index in [-0.39, 0.29) is 18.1 Å². The molecule has 2 aromatic rings. The van der Waals surface area contributed by atoms with Crippen molar-refractivity contribution in [3.63, 3.8) is 0 Å². The van der Waals surface area contributed by atoms with Crippen molar-refractivity contribution in [2.75, 3.05) is 7.11 Å². The van der Waals surface area contributed by atoms with Crippen molar-refractivity contribution in [1.29, 1.82) is 0 Å². The molecule has 7 heteroatoms. The Morgan fingerprint density at radius 3 is 2.71 bits per heavy atom. The maximum Gasteiger partial charge on any atom is 0.392 e. The molecule has 110 valence electrons. The third-order valence-electron chi connectivity index (χ3n) is 3.05. The zero-order valence-corrected chi connectivity index (χ0v) is 12.0. The van der Waals surface area contributed by atoms with Crippen LogP contribution in [0, 0.1) is 24.0 Å². The number of nitro groups is 1. The Bertz CT molecular complexity index is 706. The number of carbonyl (C=O) groups is 1. The fourth-order valence-corrected chi connectivity index (χ4v) is 2.03. The molecule has 0 amide bonds. The quantitative estimate of drug-likeness (QED) is 0.479. The molecule has 0 bridgehead atoms. The van der Waals surface area contributed by atoms with E-state index < -0.39 is 4.92 Å². The van der Waals surface area contributed by atoms with Gasteiger partial charge in [0.1, 0.15) is 12.3 Å². The summed E-state index contributed by atoms with van der Waals surface area (Å²) >= 11 is 0. The van der Waals surface area contributed by atoms with Gasteiger partial charge >= 0.3 is 5.82 Å². The average molecular weight is 289 g/mol. The molecule has 21 heavy (non-hydrogen) atoms. The summed E-state index contributed by atoms with van der Waals surface area (Å²) in [6.45, 7) is 3.41. The number of aromatic nitrogens is 2. The summed E-state index contributed by atoms with van der Waals surface area (Å²) in [7, 11) is 1.49. The van der Waals surface area contributed by atoms with Gasteiger partial charge in [0.15, 0.2) is 5.78 Å². The lowest BCUT2D eigenvalue weighted by atomic mass is 10.1. The molecule has 1 aromatic carbocycles. The van der Waals surface area contributed by atoms with Gasteiger partial charge in [-0.2, -0.15) is 4.68 Å². The van der Waals surface area contributed by atoms with Crippen LogP contribution in [-0.2, 0) is 6.54 Å². The molecule has 1 aromatic heterocycles. The number of ketones is 1. The second kappa shape index (κ2) is 5.74. The Morgan fingerprint density at radius 2 is 2.14 bits per heavy atom. The largest absolute Gasteiger partial charge is 0.496 e. The number of aryl methyl sites for hydroxylation is 2. The monoisotopic (exact) mass is 289 g/mol. The van der Waals surface area contributed by atoms with E-state index in [1.807, 2.05) is 13.0 Å². The van der Waals surface area contributed by atoms with Crippen LogP contribution in [0.4, 0.5) is 5.82 Å².